The summed E-state index contributed by atoms with van der Waals surface area (Å²) in [6.45, 7) is 0. The van der Waals surface area contributed by atoms with Gasteiger partial charge < -0.3 is 9.30 Å². The second kappa shape index (κ2) is 4.50. The number of aryl methyl sites for hydroxylation is 1. The molecule has 0 bridgehead atoms. The summed E-state index contributed by atoms with van der Waals surface area (Å²) in [5, 5.41) is 1.13. The number of halogens is 1. The lowest BCUT2D eigenvalue weighted by molar-refractivity contribution is 0.486. The van der Waals surface area contributed by atoms with E-state index >= 15 is 0 Å². The molecule has 1 heterocycles. The first kappa shape index (κ1) is 11.4. The second-order valence-electron chi connectivity index (χ2n) is 4.18. The molecule has 0 aliphatic carbocycles. The van der Waals surface area contributed by atoms with Crippen LogP contribution in [0.5, 0.6) is 11.5 Å². The van der Waals surface area contributed by atoms with Gasteiger partial charge in [-0.25, -0.2) is 0 Å². The highest BCUT2D eigenvalue weighted by Gasteiger charge is 2.07. The molecule has 0 N–H and O–H groups in total. The number of aromatic nitrogens is 1. The van der Waals surface area contributed by atoms with E-state index in [0.29, 0.717) is 0 Å². The van der Waals surface area contributed by atoms with Crippen molar-refractivity contribution in [1.82, 2.24) is 4.57 Å². The Bertz CT molecular complexity index is 685. The molecule has 0 saturated heterocycles. The van der Waals surface area contributed by atoms with Gasteiger partial charge in [-0.05, 0) is 36.4 Å². The van der Waals surface area contributed by atoms with E-state index < -0.39 is 0 Å². The van der Waals surface area contributed by atoms with Gasteiger partial charge >= 0.3 is 0 Å². The molecular formula is C15H12BrNO. The SMILES string of the molecule is Cn1cc(Oc2ccc(Br)cc2)c2ccccc21. The van der Waals surface area contributed by atoms with Gasteiger partial charge in [-0.15, -0.1) is 0 Å². The van der Waals surface area contributed by atoms with E-state index in [1.54, 1.807) is 0 Å². The van der Waals surface area contributed by atoms with Crippen LogP contribution in [0.2, 0.25) is 0 Å². The number of fused-ring (bicyclic) bond motifs is 1. The monoisotopic (exact) mass is 301 g/mol. The van der Waals surface area contributed by atoms with Crippen molar-refractivity contribution in [2.45, 2.75) is 0 Å². The molecule has 0 radical (unpaired) electrons. The van der Waals surface area contributed by atoms with Gasteiger partial charge in [0.05, 0.1) is 5.52 Å². The average molecular weight is 302 g/mol. The summed E-state index contributed by atoms with van der Waals surface area (Å²) in [5.41, 5.74) is 1.17. The van der Waals surface area contributed by atoms with Crippen LogP contribution in [0.1, 0.15) is 0 Å². The Morgan fingerprint density at radius 2 is 1.72 bits per heavy atom. The van der Waals surface area contributed by atoms with Gasteiger partial charge in [0.1, 0.15) is 5.75 Å². The first-order chi connectivity index (χ1) is 8.74. The molecular weight excluding hydrogens is 290 g/mol. The Morgan fingerprint density at radius 1 is 1.00 bits per heavy atom. The summed E-state index contributed by atoms with van der Waals surface area (Å²) >= 11 is 3.42. The van der Waals surface area contributed by atoms with E-state index in [1.807, 2.05) is 49.6 Å². The third kappa shape index (κ3) is 2.02. The van der Waals surface area contributed by atoms with Gasteiger partial charge in [-0.1, -0.05) is 28.1 Å². The number of rotatable bonds is 2. The molecule has 18 heavy (non-hydrogen) atoms. The standard InChI is InChI=1S/C15H12BrNO/c1-17-10-15(13-4-2-3-5-14(13)17)18-12-8-6-11(16)7-9-12/h2-10H,1H3. The molecule has 2 aromatic carbocycles. The highest BCUT2D eigenvalue weighted by atomic mass is 79.9. The van der Waals surface area contributed by atoms with Crippen molar-refractivity contribution in [3.05, 3.63) is 59.2 Å². The van der Waals surface area contributed by atoms with Gasteiger partial charge in [-0.2, -0.15) is 0 Å². The quantitative estimate of drug-likeness (QED) is 0.667. The van der Waals surface area contributed by atoms with Gasteiger partial charge in [0.2, 0.25) is 0 Å². The Hall–Kier alpha value is -1.74. The summed E-state index contributed by atoms with van der Waals surface area (Å²) in [6, 6.07) is 16.1. The van der Waals surface area contributed by atoms with E-state index in [-0.39, 0.29) is 0 Å². The van der Waals surface area contributed by atoms with Crippen LogP contribution in [0.25, 0.3) is 10.9 Å². The Labute approximate surface area is 114 Å². The fourth-order valence-corrected chi connectivity index (χ4v) is 2.28. The summed E-state index contributed by atoms with van der Waals surface area (Å²) in [4.78, 5) is 0. The lowest BCUT2D eigenvalue weighted by Crippen LogP contribution is -1.83. The molecule has 1 aromatic heterocycles. The van der Waals surface area contributed by atoms with Crippen LogP contribution in [0, 0.1) is 0 Å². The number of ether oxygens (including phenoxy) is 1. The summed E-state index contributed by atoms with van der Waals surface area (Å²) in [7, 11) is 2.02. The number of benzene rings is 2. The Balaban J connectivity index is 2.02. The highest BCUT2D eigenvalue weighted by molar-refractivity contribution is 9.10. The number of hydrogen-bond acceptors (Lipinski definition) is 1. The minimum Gasteiger partial charge on any atom is -0.455 e. The normalized spacial score (nSPS) is 10.8. The second-order valence-corrected chi connectivity index (χ2v) is 5.09. The van der Waals surface area contributed by atoms with Crippen LogP contribution in [-0.4, -0.2) is 4.57 Å². The van der Waals surface area contributed by atoms with Gasteiger partial charge in [0.15, 0.2) is 5.75 Å². The number of para-hydroxylation sites is 1. The Kier molecular flexibility index (Phi) is 2.84. The molecule has 3 heteroatoms. The van der Waals surface area contributed by atoms with Crippen LogP contribution in [0.3, 0.4) is 0 Å². The molecule has 0 fully saturated rings. The van der Waals surface area contributed by atoms with Crippen LogP contribution in [0.15, 0.2) is 59.2 Å². The van der Waals surface area contributed by atoms with Crippen molar-refractivity contribution < 1.29 is 4.74 Å². The van der Waals surface area contributed by atoms with E-state index in [4.69, 9.17) is 4.74 Å². The maximum atomic E-state index is 5.93. The third-order valence-corrected chi connectivity index (χ3v) is 3.43. The first-order valence-electron chi connectivity index (χ1n) is 5.71. The van der Waals surface area contributed by atoms with Crippen LogP contribution in [-0.2, 0) is 7.05 Å². The highest BCUT2D eigenvalue weighted by Crippen LogP contribution is 2.31. The average Bonchev–Trinajstić information content (AvgIpc) is 2.70. The fourth-order valence-electron chi connectivity index (χ4n) is 2.02. The zero-order valence-electron chi connectivity index (χ0n) is 9.93. The van der Waals surface area contributed by atoms with Crippen molar-refractivity contribution in [3.63, 3.8) is 0 Å². The number of hydrogen-bond donors (Lipinski definition) is 0. The lowest BCUT2D eigenvalue weighted by atomic mass is 10.2. The van der Waals surface area contributed by atoms with Crippen molar-refractivity contribution in [2.75, 3.05) is 0 Å². The maximum Gasteiger partial charge on any atom is 0.152 e. The summed E-state index contributed by atoms with van der Waals surface area (Å²) in [6.07, 6.45) is 2.01. The molecule has 3 aromatic rings. The maximum absolute atomic E-state index is 5.93. The largest absolute Gasteiger partial charge is 0.455 e. The first-order valence-corrected chi connectivity index (χ1v) is 6.51. The summed E-state index contributed by atoms with van der Waals surface area (Å²) < 4.78 is 9.05. The summed E-state index contributed by atoms with van der Waals surface area (Å²) in [5.74, 6) is 1.73. The molecule has 0 atom stereocenters. The van der Waals surface area contributed by atoms with Crippen LogP contribution >= 0.6 is 15.9 Å². The molecule has 0 spiro atoms. The minimum absolute atomic E-state index is 0.842. The van der Waals surface area contributed by atoms with Gasteiger partial charge in [-0.3, -0.25) is 0 Å². The van der Waals surface area contributed by atoms with Gasteiger partial charge in [0, 0.05) is 23.1 Å². The van der Waals surface area contributed by atoms with E-state index in [0.717, 1.165) is 21.4 Å². The van der Waals surface area contributed by atoms with Crippen molar-refractivity contribution >= 4 is 26.8 Å². The van der Waals surface area contributed by atoms with Crippen LogP contribution < -0.4 is 4.74 Å². The fraction of sp³-hybridized carbons (Fsp3) is 0.0667. The molecule has 0 aliphatic heterocycles. The van der Waals surface area contributed by atoms with Gasteiger partial charge in [0.25, 0.3) is 0 Å². The number of nitrogens with zero attached hydrogens (tertiary/aromatic N) is 1. The van der Waals surface area contributed by atoms with Crippen molar-refractivity contribution in [1.29, 1.82) is 0 Å². The predicted octanol–water partition coefficient (Wildman–Crippen LogP) is 4.73. The zero-order chi connectivity index (χ0) is 12.5. The molecule has 0 unspecified atom stereocenters. The van der Waals surface area contributed by atoms with E-state index in [2.05, 4.69) is 32.6 Å². The Morgan fingerprint density at radius 3 is 2.50 bits per heavy atom. The van der Waals surface area contributed by atoms with E-state index in [1.165, 1.54) is 5.52 Å². The molecule has 0 saturated carbocycles. The van der Waals surface area contributed by atoms with Crippen molar-refractivity contribution in [2.24, 2.45) is 7.05 Å². The molecule has 2 nitrogen and oxygen atoms in total. The molecule has 0 amide bonds. The molecule has 3 rings (SSSR count). The van der Waals surface area contributed by atoms with E-state index in [9.17, 15) is 0 Å². The van der Waals surface area contributed by atoms with Crippen LogP contribution in [0.4, 0.5) is 0 Å². The molecule has 90 valence electrons. The predicted molar refractivity (Wildman–Crippen MR) is 77.1 cm³/mol. The smallest absolute Gasteiger partial charge is 0.152 e. The minimum atomic E-state index is 0.842. The zero-order valence-corrected chi connectivity index (χ0v) is 11.5. The topological polar surface area (TPSA) is 14.2 Å². The lowest BCUT2D eigenvalue weighted by Gasteiger charge is -2.03. The third-order valence-electron chi connectivity index (χ3n) is 2.90. The molecule has 0 aliphatic rings. The van der Waals surface area contributed by atoms with Crippen molar-refractivity contribution in [3.8, 4) is 11.5 Å².